The summed E-state index contributed by atoms with van der Waals surface area (Å²) in [5.74, 6) is -2.53. The molecule has 12 nitrogen and oxygen atoms in total. The molecule has 1 aromatic carbocycles. The van der Waals surface area contributed by atoms with Gasteiger partial charge in [-0.1, -0.05) is 34.1 Å². The minimum atomic E-state index is -0.682. The summed E-state index contributed by atoms with van der Waals surface area (Å²) in [6, 6.07) is 2.66. The number of methoxy groups -OCH3 is 2. The third-order valence-electron chi connectivity index (χ3n) is 9.35. The van der Waals surface area contributed by atoms with Crippen molar-refractivity contribution in [2.45, 2.75) is 97.1 Å². The maximum Gasteiger partial charge on any atom is 0.242 e. The van der Waals surface area contributed by atoms with Gasteiger partial charge >= 0.3 is 0 Å². The Kier molecular flexibility index (Phi) is 16.6. The number of nitrogens with zero attached hydrogens (tertiary/aromatic N) is 2. The lowest BCUT2D eigenvalue weighted by molar-refractivity contribution is -0.144. The van der Waals surface area contributed by atoms with E-state index in [4.69, 9.17) is 9.47 Å². The van der Waals surface area contributed by atoms with Gasteiger partial charge in [0, 0.05) is 33.4 Å². The van der Waals surface area contributed by atoms with Crippen molar-refractivity contribution in [1.29, 1.82) is 0 Å². The highest BCUT2D eigenvalue weighted by atomic mass is 19.1. The number of halogens is 1. The normalized spacial score (nSPS) is 17.7. The molecule has 0 saturated carbocycles. The van der Waals surface area contributed by atoms with Crippen molar-refractivity contribution in [2.24, 2.45) is 11.8 Å². The van der Waals surface area contributed by atoms with Crippen LogP contribution in [0, 0.1) is 24.6 Å². The summed E-state index contributed by atoms with van der Waals surface area (Å²) < 4.78 is 25.1. The first-order valence-electron chi connectivity index (χ1n) is 16.8. The van der Waals surface area contributed by atoms with Crippen LogP contribution in [0.4, 0.5) is 4.39 Å². The van der Waals surface area contributed by atoms with Crippen LogP contribution in [-0.2, 0) is 28.7 Å². The number of ether oxygens (including phenoxy) is 2. The maximum atomic E-state index is 13.8. The van der Waals surface area contributed by atoms with E-state index in [1.165, 1.54) is 32.4 Å². The second-order valence-corrected chi connectivity index (χ2v) is 13.0. The van der Waals surface area contributed by atoms with Gasteiger partial charge in [0.1, 0.15) is 5.82 Å². The molecule has 0 aliphatic carbocycles. The molecule has 1 aromatic rings. The summed E-state index contributed by atoms with van der Waals surface area (Å²) >= 11 is 0. The molecule has 1 aliphatic heterocycles. The zero-order chi connectivity index (χ0) is 36.1. The van der Waals surface area contributed by atoms with Crippen molar-refractivity contribution in [3.8, 4) is 0 Å². The summed E-state index contributed by atoms with van der Waals surface area (Å²) in [6.07, 6.45) is 1.47. The van der Waals surface area contributed by atoms with Gasteiger partial charge in [-0.05, 0) is 62.9 Å². The molecular weight excluding hydrogens is 621 g/mol. The van der Waals surface area contributed by atoms with E-state index in [1.54, 1.807) is 37.7 Å². The molecule has 1 aliphatic rings. The number of carbonyl (C=O) groups is 5. The lowest BCUT2D eigenvalue weighted by Gasteiger charge is -2.37. The standard InChI is InChI=1S/C35H56FN5O7/c1-10-12-26(40(7)31(44)20-39-35(46)32(37-6)21(2)3)29(47-8)18-30(43)41-16-11-13-27(41)33(48-9)23(5)34(45)38-19-28(42)25-15-14-24(36)17-22(25)4/h14-15,17,21,23,26-27,29,32-33,37H,10-13,16,18-20H2,1-9H3,(H,38,45)(H,39,46)/t23?,26-,27?,29?,32?,33?/m0/s1. The predicted octanol–water partition coefficient (Wildman–Crippen LogP) is 2.47. The molecule has 1 saturated heterocycles. The zero-order valence-corrected chi connectivity index (χ0v) is 30.1. The van der Waals surface area contributed by atoms with E-state index in [2.05, 4.69) is 16.0 Å². The molecule has 270 valence electrons. The van der Waals surface area contributed by atoms with E-state index in [1.807, 2.05) is 20.8 Å². The number of amides is 4. The lowest BCUT2D eigenvalue weighted by atomic mass is 9.94. The highest BCUT2D eigenvalue weighted by Crippen LogP contribution is 2.28. The number of likely N-dealkylation sites (tertiary alicyclic amines) is 1. The molecule has 13 heteroatoms. The van der Waals surface area contributed by atoms with Gasteiger partial charge in [0.2, 0.25) is 23.6 Å². The highest BCUT2D eigenvalue weighted by molar-refractivity contribution is 6.00. The van der Waals surface area contributed by atoms with Gasteiger partial charge in [0.05, 0.1) is 55.8 Å². The number of ketones is 1. The van der Waals surface area contributed by atoms with Gasteiger partial charge in [0.25, 0.3) is 0 Å². The van der Waals surface area contributed by atoms with Crippen LogP contribution in [0.25, 0.3) is 0 Å². The topological polar surface area (TPSA) is 146 Å². The van der Waals surface area contributed by atoms with Crippen molar-refractivity contribution in [3.05, 3.63) is 35.1 Å². The third-order valence-corrected chi connectivity index (χ3v) is 9.35. The molecule has 48 heavy (non-hydrogen) atoms. The van der Waals surface area contributed by atoms with Crippen molar-refractivity contribution >= 4 is 29.4 Å². The molecule has 2 rings (SSSR count). The van der Waals surface area contributed by atoms with Crippen LogP contribution in [0.15, 0.2) is 18.2 Å². The van der Waals surface area contributed by atoms with E-state index < -0.39 is 41.9 Å². The van der Waals surface area contributed by atoms with E-state index in [0.717, 1.165) is 12.8 Å². The van der Waals surface area contributed by atoms with Crippen LogP contribution < -0.4 is 16.0 Å². The number of carbonyl (C=O) groups excluding carboxylic acids is 5. The second kappa shape index (κ2) is 19.5. The van der Waals surface area contributed by atoms with E-state index in [-0.39, 0.29) is 55.0 Å². The molecular formula is C35H56FN5O7. The summed E-state index contributed by atoms with van der Waals surface area (Å²) in [5.41, 5.74) is 0.819. The Bertz CT molecular complexity index is 1260. The Balaban J connectivity index is 2.08. The van der Waals surface area contributed by atoms with Gasteiger partial charge in [-0.2, -0.15) is 0 Å². The van der Waals surface area contributed by atoms with Gasteiger partial charge < -0.3 is 35.2 Å². The molecule has 0 aromatic heterocycles. The van der Waals surface area contributed by atoms with Crippen molar-refractivity contribution in [2.75, 3.05) is 47.9 Å². The van der Waals surface area contributed by atoms with Crippen LogP contribution in [0.2, 0.25) is 0 Å². The van der Waals surface area contributed by atoms with Crippen molar-refractivity contribution < 1.29 is 37.8 Å². The molecule has 5 unspecified atom stereocenters. The van der Waals surface area contributed by atoms with Gasteiger partial charge in [0.15, 0.2) is 5.78 Å². The molecule has 1 fully saturated rings. The molecule has 0 spiro atoms. The summed E-state index contributed by atoms with van der Waals surface area (Å²) in [6.45, 7) is 9.22. The number of likely N-dealkylation sites (N-methyl/N-ethyl adjacent to an activating group) is 2. The summed E-state index contributed by atoms with van der Waals surface area (Å²) in [4.78, 5) is 68.7. The van der Waals surface area contributed by atoms with Gasteiger partial charge in [-0.15, -0.1) is 0 Å². The number of aryl methyl sites for hydroxylation is 1. The average molecular weight is 678 g/mol. The minimum Gasteiger partial charge on any atom is -0.379 e. The van der Waals surface area contributed by atoms with Crippen LogP contribution in [0.1, 0.15) is 75.7 Å². The van der Waals surface area contributed by atoms with Crippen molar-refractivity contribution in [3.63, 3.8) is 0 Å². The fraction of sp³-hybridized carbons (Fsp3) is 0.686. The Hall–Kier alpha value is -3.42. The number of hydrogen-bond donors (Lipinski definition) is 3. The molecule has 1 heterocycles. The molecule has 3 N–H and O–H groups in total. The molecule has 0 bridgehead atoms. The van der Waals surface area contributed by atoms with Crippen LogP contribution in [0.3, 0.4) is 0 Å². The second-order valence-electron chi connectivity index (χ2n) is 13.0. The smallest absolute Gasteiger partial charge is 0.242 e. The monoisotopic (exact) mass is 677 g/mol. The Morgan fingerprint density at radius 1 is 1.04 bits per heavy atom. The lowest BCUT2D eigenvalue weighted by Crippen LogP contribution is -2.53. The highest BCUT2D eigenvalue weighted by Gasteiger charge is 2.41. The number of Topliss-reactive ketones (excluding diaryl/α,β-unsaturated/α-hetero) is 1. The minimum absolute atomic E-state index is 0.0133. The quantitative estimate of drug-likeness (QED) is 0.190. The van der Waals surface area contributed by atoms with E-state index in [9.17, 15) is 28.4 Å². The maximum absolute atomic E-state index is 13.8. The fourth-order valence-electron chi connectivity index (χ4n) is 6.59. The summed E-state index contributed by atoms with van der Waals surface area (Å²) in [7, 11) is 6.37. The fourth-order valence-corrected chi connectivity index (χ4v) is 6.59. The average Bonchev–Trinajstić information content (AvgIpc) is 3.53. The first-order valence-corrected chi connectivity index (χ1v) is 16.8. The zero-order valence-electron chi connectivity index (χ0n) is 30.1. The van der Waals surface area contributed by atoms with Crippen LogP contribution >= 0.6 is 0 Å². The van der Waals surface area contributed by atoms with E-state index in [0.29, 0.717) is 30.5 Å². The number of hydrogen-bond acceptors (Lipinski definition) is 8. The van der Waals surface area contributed by atoms with Crippen LogP contribution in [0.5, 0.6) is 0 Å². The predicted molar refractivity (Wildman–Crippen MR) is 181 cm³/mol. The van der Waals surface area contributed by atoms with Gasteiger partial charge in [-0.3, -0.25) is 24.0 Å². The Morgan fingerprint density at radius 3 is 2.27 bits per heavy atom. The van der Waals surface area contributed by atoms with E-state index >= 15 is 0 Å². The van der Waals surface area contributed by atoms with Crippen LogP contribution in [-0.4, -0.2) is 117 Å². The Morgan fingerprint density at radius 2 is 1.71 bits per heavy atom. The Labute approximate surface area is 284 Å². The van der Waals surface area contributed by atoms with Gasteiger partial charge in [-0.25, -0.2) is 4.39 Å². The summed E-state index contributed by atoms with van der Waals surface area (Å²) in [5, 5.41) is 8.36. The number of benzene rings is 1. The SMILES string of the molecule is CCC[C@@H](C(CC(=O)N1CCCC1C(OC)C(C)C(=O)NCC(=O)c1ccc(F)cc1C)OC)N(C)C(=O)CNC(=O)C(NC)C(C)C. The molecule has 4 amide bonds. The van der Waals surface area contributed by atoms with Crippen molar-refractivity contribution in [1.82, 2.24) is 25.8 Å². The molecule has 0 radical (unpaired) electrons. The first-order chi connectivity index (χ1) is 22.7. The largest absolute Gasteiger partial charge is 0.379 e. The molecule has 6 atom stereocenters. The first kappa shape index (κ1) is 40.8. The third kappa shape index (κ3) is 10.8. The number of nitrogens with one attached hydrogen (secondary N) is 3. The number of rotatable bonds is 19.